The summed E-state index contributed by atoms with van der Waals surface area (Å²) in [6.45, 7) is 0. The van der Waals surface area contributed by atoms with Gasteiger partial charge in [0.15, 0.2) is 0 Å². The van der Waals surface area contributed by atoms with Gasteiger partial charge in [0.05, 0.1) is 0 Å². The molecule has 0 heterocycles. The SMILES string of the molecule is O=C(O[Si])C(C#Cc1ccccc1)(C#Cc1ccccc1)C#Cc1ccccc1. The van der Waals surface area contributed by atoms with Crippen LogP contribution in [-0.4, -0.2) is 16.5 Å². The molecule has 29 heavy (non-hydrogen) atoms. The fraction of sp³-hybridized carbons (Fsp3) is 0.0385. The number of rotatable bonds is 1. The zero-order valence-electron chi connectivity index (χ0n) is 15.5. The Hall–Kier alpha value is -3.97. The maximum atomic E-state index is 12.7. The molecule has 0 saturated heterocycles. The van der Waals surface area contributed by atoms with Gasteiger partial charge in [-0.1, -0.05) is 90.1 Å². The Morgan fingerprint density at radius 2 is 0.931 bits per heavy atom. The second kappa shape index (κ2) is 9.82. The van der Waals surface area contributed by atoms with Gasteiger partial charge < -0.3 is 4.43 Å². The highest BCUT2D eigenvalue weighted by Gasteiger charge is 2.34. The lowest BCUT2D eigenvalue weighted by atomic mass is 9.89. The van der Waals surface area contributed by atoms with E-state index in [4.69, 9.17) is 4.43 Å². The van der Waals surface area contributed by atoms with Crippen LogP contribution < -0.4 is 0 Å². The molecule has 0 aliphatic heterocycles. The molecule has 3 aromatic carbocycles. The van der Waals surface area contributed by atoms with Crippen LogP contribution in [0.5, 0.6) is 0 Å². The van der Waals surface area contributed by atoms with Gasteiger partial charge in [-0.2, -0.15) is 0 Å². The first-order valence-corrected chi connectivity index (χ1v) is 9.25. The van der Waals surface area contributed by atoms with Crippen LogP contribution in [-0.2, 0) is 9.22 Å². The van der Waals surface area contributed by atoms with Crippen LogP contribution in [0.3, 0.4) is 0 Å². The van der Waals surface area contributed by atoms with Crippen molar-refractivity contribution >= 4 is 16.5 Å². The third-order valence-corrected chi connectivity index (χ3v) is 4.09. The standard InChI is InChI=1S/C26H15O2Si/c27-25(28-29)26(19-16-22-10-4-1-5-11-22,20-17-23-12-6-2-7-13-23)21-18-24-14-8-3-9-15-24/h1-15H. The molecule has 0 aromatic heterocycles. The molecule has 3 heteroatoms. The van der Waals surface area contributed by atoms with Crippen molar-refractivity contribution in [1.82, 2.24) is 0 Å². The first kappa shape index (κ1) is 19.8. The quantitative estimate of drug-likeness (QED) is 0.470. The third kappa shape index (κ3) is 5.50. The summed E-state index contributed by atoms with van der Waals surface area (Å²) in [5.41, 5.74) is 0.633. The van der Waals surface area contributed by atoms with E-state index >= 15 is 0 Å². The molecule has 3 aromatic rings. The van der Waals surface area contributed by atoms with E-state index < -0.39 is 11.4 Å². The summed E-state index contributed by atoms with van der Waals surface area (Å²) in [5, 5.41) is 0. The van der Waals surface area contributed by atoms with Crippen molar-refractivity contribution < 1.29 is 9.22 Å². The molecule has 3 radical (unpaired) electrons. The minimum absolute atomic E-state index is 0.690. The molecule has 0 aliphatic carbocycles. The lowest BCUT2D eigenvalue weighted by molar-refractivity contribution is -0.137. The first-order valence-electron chi connectivity index (χ1n) is 8.84. The molecule has 2 nitrogen and oxygen atoms in total. The van der Waals surface area contributed by atoms with E-state index in [1.165, 1.54) is 0 Å². The molecular formula is C26H15O2Si. The Balaban J connectivity index is 2.14. The van der Waals surface area contributed by atoms with Gasteiger partial charge in [-0.15, -0.1) is 0 Å². The van der Waals surface area contributed by atoms with Gasteiger partial charge in [0, 0.05) is 16.7 Å². The van der Waals surface area contributed by atoms with Crippen molar-refractivity contribution in [3.05, 3.63) is 108 Å². The summed E-state index contributed by atoms with van der Waals surface area (Å²) in [6, 6.07) is 28.1. The monoisotopic (exact) mass is 387 g/mol. The molecule has 0 bridgehead atoms. The maximum absolute atomic E-state index is 12.7. The molecule has 0 amide bonds. The molecule has 0 N–H and O–H groups in total. The lowest BCUT2D eigenvalue weighted by Gasteiger charge is -2.13. The van der Waals surface area contributed by atoms with Crippen molar-refractivity contribution in [2.75, 3.05) is 0 Å². The molecule has 0 aliphatic rings. The second-order valence-corrected chi connectivity index (χ2v) is 6.19. The fourth-order valence-corrected chi connectivity index (χ4v) is 2.54. The van der Waals surface area contributed by atoms with Crippen LogP contribution in [0.1, 0.15) is 16.7 Å². The van der Waals surface area contributed by atoms with Crippen molar-refractivity contribution in [2.24, 2.45) is 5.41 Å². The maximum Gasteiger partial charge on any atom is 0.345 e. The van der Waals surface area contributed by atoms with Crippen molar-refractivity contribution in [3.8, 4) is 35.5 Å². The summed E-state index contributed by atoms with van der Waals surface area (Å²) >= 11 is 0. The topological polar surface area (TPSA) is 26.3 Å². The van der Waals surface area contributed by atoms with Gasteiger partial charge in [0.25, 0.3) is 0 Å². The van der Waals surface area contributed by atoms with Gasteiger partial charge in [-0.05, 0) is 36.4 Å². The third-order valence-electron chi connectivity index (χ3n) is 3.90. The predicted octanol–water partition coefficient (Wildman–Crippen LogP) is 3.75. The Morgan fingerprint density at radius 3 is 1.21 bits per heavy atom. The number of benzene rings is 3. The van der Waals surface area contributed by atoms with E-state index in [9.17, 15) is 4.79 Å². The lowest BCUT2D eigenvalue weighted by Crippen LogP contribution is -2.28. The second-order valence-electron chi connectivity index (χ2n) is 5.99. The van der Waals surface area contributed by atoms with E-state index in [0.29, 0.717) is 0 Å². The number of hydrogen-bond donors (Lipinski definition) is 0. The molecular weight excluding hydrogens is 372 g/mol. The van der Waals surface area contributed by atoms with Crippen LogP contribution in [0.25, 0.3) is 0 Å². The highest BCUT2D eigenvalue weighted by molar-refractivity contribution is 6.08. The zero-order valence-corrected chi connectivity index (χ0v) is 16.5. The summed E-state index contributed by atoms with van der Waals surface area (Å²) in [7, 11) is 2.83. The summed E-state index contributed by atoms with van der Waals surface area (Å²) in [6.07, 6.45) is 0. The van der Waals surface area contributed by atoms with Crippen LogP contribution in [0.4, 0.5) is 0 Å². The highest BCUT2D eigenvalue weighted by atomic mass is 28.2. The van der Waals surface area contributed by atoms with E-state index in [1.807, 2.05) is 91.0 Å². The fourth-order valence-electron chi connectivity index (χ4n) is 2.39. The number of hydrogen-bond acceptors (Lipinski definition) is 2. The Labute approximate surface area is 174 Å². The Morgan fingerprint density at radius 1 is 0.621 bits per heavy atom. The zero-order chi connectivity index (χ0) is 20.4. The largest absolute Gasteiger partial charge is 0.513 e. The molecule has 135 valence electrons. The summed E-state index contributed by atoms with van der Waals surface area (Å²) in [4.78, 5) is 12.7. The molecule has 3 rings (SSSR count). The number of carbonyl (C=O) groups is 1. The molecule has 0 spiro atoms. The van der Waals surface area contributed by atoms with Crippen molar-refractivity contribution in [2.45, 2.75) is 0 Å². The van der Waals surface area contributed by atoms with Crippen molar-refractivity contribution in [1.29, 1.82) is 0 Å². The van der Waals surface area contributed by atoms with Crippen LogP contribution in [0, 0.1) is 40.9 Å². The minimum atomic E-state index is -1.62. The normalized spacial score (nSPS) is 9.55. The van der Waals surface area contributed by atoms with Crippen molar-refractivity contribution in [3.63, 3.8) is 0 Å². The van der Waals surface area contributed by atoms with E-state index in [0.717, 1.165) is 16.7 Å². The van der Waals surface area contributed by atoms with E-state index in [1.54, 1.807) is 0 Å². The van der Waals surface area contributed by atoms with Crippen LogP contribution in [0.15, 0.2) is 91.0 Å². The van der Waals surface area contributed by atoms with Gasteiger partial charge >= 0.3 is 16.5 Å². The van der Waals surface area contributed by atoms with Crippen LogP contribution >= 0.6 is 0 Å². The summed E-state index contributed by atoms with van der Waals surface area (Å²) in [5.74, 6) is 17.1. The van der Waals surface area contributed by atoms with Crippen LogP contribution in [0.2, 0.25) is 0 Å². The Bertz CT molecular complexity index is 1010. The van der Waals surface area contributed by atoms with Gasteiger partial charge in [-0.3, -0.25) is 0 Å². The first-order chi connectivity index (χ1) is 14.2. The van der Waals surface area contributed by atoms with Gasteiger partial charge in [-0.25, -0.2) is 4.79 Å². The van der Waals surface area contributed by atoms with E-state index in [2.05, 4.69) is 46.0 Å². The van der Waals surface area contributed by atoms with Gasteiger partial charge in [0.2, 0.25) is 5.41 Å². The Kier molecular flexibility index (Phi) is 6.69. The average molecular weight is 387 g/mol. The predicted molar refractivity (Wildman–Crippen MR) is 114 cm³/mol. The summed E-state index contributed by atoms with van der Waals surface area (Å²) < 4.78 is 4.84. The highest BCUT2D eigenvalue weighted by Crippen LogP contribution is 2.18. The molecule has 0 atom stereocenters. The van der Waals surface area contributed by atoms with Gasteiger partial charge in [0.1, 0.15) is 0 Å². The molecule has 0 fully saturated rings. The smallest absolute Gasteiger partial charge is 0.345 e. The number of carbonyl (C=O) groups excluding carboxylic acids is 1. The average Bonchev–Trinajstić information content (AvgIpc) is 2.80. The van der Waals surface area contributed by atoms with E-state index in [-0.39, 0.29) is 0 Å². The molecule has 0 saturated carbocycles. The molecule has 0 unspecified atom stereocenters. The minimum Gasteiger partial charge on any atom is -0.513 e.